The van der Waals surface area contributed by atoms with Gasteiger partial charge in [-0.05, 0) is 56.2 Å². The van der Waals surface area contributed by atoms with E-state index in [-0.39, 0.29) is 16.8 Å². The fourth-order valence-electron chi connectivity index (χ4n) is 3.70. The molecule has 2 aromatic carbocycles. The summed E-state index contributed by atoms with van der Waals surface area (Å²) in [4.78, 5) is 12.8. The van der Waals surface area contributed by atoms with E-state index in [0.717, 1.165) is 31.2 Å². The van der Waals surface area contributed by atoms with Gasteiger partial charge in [-0.15, -0.1) is 0 Å². The molecule has 0 radical (unpaired) electrons. The number of nitrogens with one attached hydrogen (secondary N) is 1. The van der Waals surface area contributed by atoms with E-state index in [9.17, 15) is 13.2 Å². The third-order valence-electron chi connectivity index (χ3n) is 5.61. The van der Waals surface area contributed by atoms with Crippen LogP contribution < -0.4 is 9.62 Å². The zero-order chi connectivity index (χ0) is 20.9. The first-order valence-electron chi connectivity index (χ1n) is 10.3. The highest BCUT2D eigenvalue weighted by atomic mass is 32.2. The van der Waals surface area contributed by atoms with Crippen molar-refractivity contribution in [2.24, 2.45) is 0 Å². The van der Waals surface area contributed by atoms with Gasteiger partial charge < -0.3 is 5.32 Å². The van der Waals surface area contributed by atoms with Gasteiger partial charge in [0.1, 0.15) is 0 Å². The second kappa shape index (κ2) is 9.44. The molecule has 5 nitrogen and oxygen atoms in total. The van der Waals surface area contributed by atoms with E-state index in [1.54, 1.807) is 48.5 Å². The molecule has 1 fully saturated rings. The monoisotopic (exact) mass is 414 g/mol. The molecule has 0 saturated heterocycles. The van der Waals surface area contributed by atoms with Crippen molar-refractivity contribution in [1.82, 2.24) is 5.32 Å². The fourth-order valence-corrected chi connectivity index (χ4v) is 4.89. The molecule has 6 heteroatoms. The third kappa shape index (κ3) is 5.38. The Hall–Kier alpha value is -2.34. The van der Waals surface area contributed by atoms with Crippen LogP contribution in [0.2, 0.25) is 0 Å². The number of carbonyl (C=O) groups is 1. The Morgan fingerprint density at radius 1 is 0.897 bits per heavy atom. The summed E-state index contributed by atoms with van der Waals surface area (Å²) >= 11 is 0. The molecule has 1 amide bonds. The minimum atomic E-state index is -3.64. The molecule has 1 aliphatic rings. The highest BCUT2D eigenvalue weighted by Crippen LogP contribution is 2.23. The summed E-state index contributed by atoms with van der Waals surface area (Å²) < 4.78 is 26.9. The molecular formula is C23H30N2O3S. The third-order valence-corrected chi connectivity index (χ3v) is 7.41. The van der Waals surface area contributed by atoms with Crippen molar-refractivity contribution in [3.05, 3.63) is 59.7 Å². The normalized spacial score (nSPS) is 15.9. The van der Waals surface area contributed by atoms with Crippen molar-refractivity contribution < 1.29 is 13.2 Å². The summed E-state index contributed by atoms with van der Waals surface area (Å²) in [5.74, 6) is -0.0915. The Labute approximate surface area is 174 Å². The van der Waals surface area contributed by atoms with Crippen LogP contribution in [0.25, 0.3) is 0 Å². The van der Waals surface area contributed by atoms with Crippen LogP contribution in [0, 0.1) is 6.92 Å². The summed E-state index contributed by atoms with van der Waals surface area (Å²) in [7, 11) is -2.11. The van der Waals surface area contributed by atoms with Gasteiger partial charge in [-0.1, -0.05) is 49.8 Å². The average Bonchev–Trinajstić information content (AvgIpc) is 2.69. The number of amides is 1. The lowest BCUT2D eigenvalue weighted by atomic mass is 9.96. The lowest BCUT2D eigenvalue weighted by Crippen LogP contribution is -2.35. The SMILES string of the molecule is Cc1ccc(S(=O)(=O)N(C)c2ccc(C(=O)NC3CCCCCCC3)cc2)cc1. The van der Waals surface area contributed by atoms with Crippen LogP contribution in [0.1, 0.15) is 60.9 Å². The Kier molecular flexibility index (Phi) is 6.96. The van der Waals surface area contributed by atoms with Crippen LogP contribution in [-0.4, -0.2) is 27.4 Å². The van der Waals surface area contributed by atoms with Crippen LogP contribution in [0.5, 0.6) is 0 Å². The first-order chi connectivity index (χ1) is 13.9. The van der Waals surface area contributed by atoms with Crippen molar-refractivity contribution >= 4 is 21.6 Å². The molecule has 1 saturated carbocycles. The minimum absolute atomic E-state index is 0.0915. The highest BCUT2D eigenvalue weighted by Gasteiger charge is 2.21. The molecule has 0 unspecified atom stereocenters. The van der Waals surface area contributed by atoms with Crippen LogP contribution in [0.15, 0.2) is 53.4 Å². The first kappa shape index (κ1) is 21.4. The summed E-state index contributed by atoms with van der Waals surface area (Å²) in [5, 5.41) is 3.14. The van der Waals surface area contributed by atoms with Gasteiger partial charge in [0.15, 0.2) is 0 Å². The molecule has 0 aliphatic heterocycles. The highest BCUT2D eigenvalue weighted by molar-refractivity contribution is 7.92. The Bertz CT molecular complexity index is 914. The van der Waals surface area contributed by atoms with Gasteiger partial charge in [0.2, 0.25) is 0 Å². The maximum absolute atomic E-state index is 12.8. The lowest BCUT2D eigenvalue weighted by molar-refractivity contribution is 0.0930. The largest absolute Gasteiger partial charge is 0.349 e. The van der Waals surface area contributed by atoms with Crippen molar-refractivity contribution in [3.8, 4) is 0 Å². The van der Waals surface area contributed by atoms with Gasteiger partial charge in [-0.2, -0.15) is 0 Å². The lowest BCUT2D eigenvalue weighted by Gasteiger charge is -2.22. The zero-order valence-electron chi connectivity index (χ0n) is 17.2. The number of hydrogen-bond acceptors (Lipinski definition) is 3. The van der Waals surface area contributed by atoms with E-state index in [2.05, 4.69) is 5.32 Å². The van der Waals surface area contributed by atoms with E-state index in [1.165, 1.54) is 30.6 Å². The topological polar surface area (TPSA) is 66.5 Å². The van der Waals surface area contributed by atoms with Crippen molar-refractivity contribution in [2.75, 3.05) is 11.4 Å². The van der Waals surface area contributed by atoms with E-state index in [0.29, 0.717) is 11.3 Å². The Balaban J connectivity index is 1.68. The maximum Gasteiger partial charge on any atom is 0.264 e. The van der Waals surface area contributed by atoms with Gasteiger partial charge >= 0.3 is 0 Å². The maximum atomic E-state index is 12.8. The van der Waals surface area contributed by atoms with Crippen LogP contribution in [0.3, 0.4) is 0 Å². The first-order valence-corrected chi connectivity index (χ1v) is 11.8. The fraction of sp³-hybridized carbons (Fsp3) is 0.435. The van der Waals surface area contributed by atoms with Crippen LogP contribution >= 0.6 is 0 Å². The van der Waals surface area contributed by atoms with Crippen LogP contribution in [0.4, 0.5) is 5.69 Å². The Morgan fingerprint density at radius 2 is 1.45 bits per heavy atom. The molecule has 29 heavy (non-hydrogen) atoms. The number of aryl methyl sites for hydroxylation is 1. The second-order valence-electron chi connectivity index (χ2n) is 7.85. The predicted molar refractivity (Wildman–Crippen MR) is 117 cm³/mol. The summed E-state index contributed by atoms with van der Waals surface area (Å²) in [6.07, 6.45) is 8.15. The zero-order valence-corrected chi connectivity index (χ0v) is 18.0. The van der Waals surface area contributed by atoms with Gasteiger partial charge in [0, 0.05) is 18.7 Å². The average molecular weight is 415 g/mol. The molecule has 3 rings (SSSR count). The number of anilines is 1. The summed E-state index contributed by atoms with van der Waals surface area (Å²) in [5.41, 5.74) is 2.08. The number of carbonyl (C=O) groups excluding carboxylic acids is 1. The van der Waals surface area contributed by atoms with Crippen LogP contribution in [-0.2, 0) is 10.0 Å². The summed E-state index contributed by atoms with van der Waals surface area (Å²) in [6.45, 7) is 1.92. The van der Waals surface area contributed by atoms with E-state index in [4.69, 9.17) is 0 Å². The number of nitrogens with zero attached hydrogens (tertiary/aromatic N) is 1. The predicted octanol–water partition coefficient (Wildman–Crippen LogP) is 4.66. The molecule has 2 aromatic rings. The van der Waals surface area contributed by atoms with Gasteiger partial charge in [-0.3, -0.25) is 9.10 Å². The number of hydrogen-bond donors (Lipinski definition) is 1. The molecule has 156 valence electrons. The van der Waals surface area contributed by atoms with Crippen molar-refractivity contribution in [3.63, 3.8) is 0 Å². The van der Waals surface area contributed by atoms with Gasteiger partial charge in [0.05, 0.1) is 10.6 Å². The molecule has 1 N–H and O–H groups in total. The molecule has 0 atom stereocenters. The molecule has 0 aromatic heterocycles. The quantitative estimate of drug-likeness (QED) is 0.774. The Morgan fingerprint density at radius 3 is 2.03 bits per heavy atom. The molecule has 1 aliphatic carbocycles. The number of benzene rings is 2. The van der Waals surface area contributed by atoms with E-state index in [1.807, 2.05) is 6.92 Å². The van der Waals surface area contributed by atoms with E-state index >= 15 is 0 Å². The van der Waals surface area contributed by atoms with Gasteiger partial charge in [0.25, 0.3) is 15.9 Å². The smallest absolute Gasteiger partial charge is 0.264 e. The van der Waals surface area contributed by atoms with Crippen molar-refractivity contribution in [1.29, 1.82) is 0 Å². The second-order valence-corrected chi connectivity index (χ2v) is 9.82. The molecule has 0 heterocycles. The molecular weight excluding hydrogens is 384 g/mol. The standard InChI is InChI=1S/C23H30N2O3S/c1-18-10-16-22(17-11-18)29(27,28)25(2)21-14-12-19(13-15-21)23(26)24-20-8-6-4-3-5-7-9-20/h10-17,20H,3-9H2,1-2H3,(H,24,26). The molecule has 0 spiro atoms. The van der Waals surface area contributed by atoms with Crippen molar-refractivity contribution in [2.45, 2.75) is 62.8 Å². The number of rotatable bonds is 5. The minimum Gasteiger partial charge on any atom is -0.349 e. The van der Waals surface area contributed by atoms with Gasteiger partial charge in [-0.25, -0.2) is 8.42 Å². The number of sulfonamides is 1. The molecule has 0 bridgehead atoms. The summed E-state index contributed by atoms with van der Waals surface area (Å²) in [6, 6.07) is 13.7. The van der Waals surface area contributed by atoms with E-state index < -0.39 is 10.0 Å².